The number of hydrogen-bond acceptors (Lipinski definition) is 2. The largest absolute Gasteiger partial charge is 0.494 e. The molecule has 0 radical (unpaired) electrons. The molecule has 1 heterocycles. The predicted molar refractivity (Wildman–Crippen MR) is 93.2 cm³/mol. The Hall–Kier alpha value is -2.29. The summed E-state index contributed by atoms with van der Waals surface area (Å²) in [5.74, 6) is 1.43. The van der Waals surface area contributed by atoms with Crippen LogP contribution in [0.15, 0.2) is 48.5 Å². The first-order valence-electron chi connectivity index (χ1n) is 8.28. The molecule has 0 atom stereocenters. The van der Waals surface area contributed by atoms with Crippen LogP contribution in [0.4, 0.5) is 5.69 Å². The topological polar surface area (TPSA) is 29.5 Å². The number of anilines is 1. The maximum atomic E-state index is 12.8. The second-order valence-corrected chi connectivity index (χ2v) is 6.39. The number of benzene rings is 2. The Morgan fingerprint density at radius 1 is 1.17 bits per heavy atom. The van der Waals surface area contributed by atoms with E-state index in [1.165, 1.54) is 5.56 Å². The maximum absolute atomic E-state index is 12.8. The van der Waals surface area contributed by atoms with Gasteiger partial charge in [-0.1, -0.05) is 38.1 Å². The van der Waals surface area contributed by atoms with Crippen molar-refractivity contribution in [2.75, 3.05) is 18.1 Å². The van der Waals surface area contributed by atoms with Gasteiger partial charge < -0.3 is 9.64 Å². The van der Waals surface area contributed by atoms with Gasteiger partial charge in [-0.15, -0.1) is 0 Å². The second-order valence-electron chi connectivity index (χ2n) is 6.39. The third-order valence-corrected chi connectivity index (χ3v) is 4.18. The van der Waals surface area contributed by atoms with Crippen molar-refractivity contribution in [1.29, 1.82) is 0 Å². The average Bonchev–Trinajstić information content (AvgIpc) is 2.98. The Morgan fingerprint density at radius 2 is 2.00 bits per heavy atom. The molecular formula is C20H23NO2. The second kappa shape index (κ2) is 6.86. The van der Waals surface area contributed by atoms with E-state index < -0.39 is 0 Å². The van der Waals surface area contributed by atoms with Gasteiger partial charge in [-0.25, -0.2) is 0 Å². The number of hydrogen-bond donors (Lipinski definition) is 0. The zero-order chi connectivity index (χ0) is 16.2. The minimum Gasteiger partial charge on any atom is -0.494 e. The number of rotatable bonds is 5. The molecule has 0 bridgehead atoms. The van der Waals surface area contributed by atoms with Gasteiger partial charge in [0.25, 0.3) is 5.91 Å². The SMILES string of the molecule is CC(C)CCOc1cccc(C(=O)N2CCc3ccccc32)c1. The maximum Gasteiger partial charge on any atom is 0.258 e. The minimum absolute atomic E-state index is 0.0456. The van der Waals surface area contributed by atoms with Crippen molar-refractivity contribution in [2.45, 2.75) is 26.7 Å². The summed E-state index contributed by atoms with van der Waals surface area (Å²) < 4.78 is 5.77. The van der Waals surface area contributed by atoms with Crippen molar-refractivity contribution in [3.63, 3.8) is 0 Å². The first-order chi connectivity index (χ1) is 11.1. The summed E-state index contributed by atoms with van der Waals surface area (Å²) in [6.45, 7) is 5.78. The molecule has 2 aromatic rings. The molecule has 23 heavy (non-hydrogen) atoms. The fourth-order valence-electron chi connectivity index (χ4n) is 2.84. The van der Waals surface area contributed by atoms with E-state index in [9.17, 15) is 4.79 Å². The lowest BCUT2D eigenvalue weighted by Crippen LogP contribution is -2.28. The highest BCUT2D eigenvalue weighted by atomic mass is 16.5. The standard InChI is InChI=1S/C20H23NO2/c1-15(2)11-13-23-18-8-5-7-17(14-18)20(22)21-12-10-16-6-3-4-9-19(16)21/h3-9,14-15H,10-13H2,1-2H3. The molecule has 1 aliphatic heterocycles. The molecule has 1 amide bonds. The first kappa shape index (κ1) is 15.6. The van der Waals surface area contributed by atoms with Crippen LogP contribution in [0.3, 0.4) is 0 Å². The number of carbonyl (C=O) groups excluding carboxylic acids is 1. The van der Waals surface area contributed by atoms with E-state index in [1.54, 1.807) is 0 Å². The number of amides is 1. The predicted octanol–water partition coefficient (Wildman–Crippen LogP) is 4.31. The van der Waals surface area contributed by atoms with Gasteiger partial charge in [-0.2, -0.15) is 0 Å². The Bertz CT molecular complexity index is 694. The number of ether oxygens (including phenoxy) is 1. The molecule has 120 valence electrons. The van der Waals surface area contributed by atoms with Crippen LogP contribution in [0.1, 0.15) is 36.2 Å². The van der Waals surface area contributed by atoms with Crippen molar-refractivity contribution in [1.82, 2.24) is 0 Å². The number of para-hydroxylation sites is 1. The number of fused-ring (bicyclic) bond motifs is 1. The summed E-state index contributed by atoms with van der Waals surface area (Å²) >= 11 is 0. The average molecular weight is 309 g/mol. The summed E-state index contributed by atoms with van der Waals surface area (Å²) in [6.07, 6.45) is 1.93. The first-order valence-corrected chi connectivity index (χ1v) is 8.28. The smallest absolute Gasteiger partial charge is 0.258 e. The lowest BCUT2D eigenvalue weighted by Gasteiger charge is -2.18. The van der Waals surface area contributed by atoms with Gasteiger partial charge in [0, 0.05) is 17.8 Å². The molecule has 0 unspecified atom stereocenters. The molecule has 3 rings (SSSR count). The van der Waals surface area contributed by atoms with Crippen molar-refractivity contribution in [3.8, 4) is 5.75 Å². The lowest BCUT2D eigenvalue weighted by atomic mass is 10.1. The zero-order valence-electron chi connectivity index (χ0n) is 13.8. The van der Waals surface area contributed by atoms with Gasteiger partial charge in [-0.05, 0) is 48.6 Å². The molecule has 0 saturated heterocycles. The van der Waals surface area contributed by atoms with Crippen molar-refractivity contribution < 1.29 is 9.53 Å². The molecule has 0 aliphatic carbocycles. The summed E-state index contributed by atoms with van der Waals surface area (Å²) in [4.78, 5) is 14.7. The molecule has 0 saturated carbocycles. The van der Waals surface area contributed by atoms with E-state index in [0.29, 0.717) is 18.1 Å². The van der Waals surface area contributed by atoms with Crippen LogP contribution in [0.25, 0.3) is 0 Å². The molecule has 0 N–H and O–H groups in total. The highest BCUT2D eigenvalue weighted by Crippen LogP contribution is 2.29. The van der Waals surface area contributed by atoms with Crippen LogP contribution in [0.2, 0.25) is 0 Å². The van der Waals surface area contributed by atoms with E-state index >= 15 is 0 Å². The van der Waals surface area contributed by atoms with Crippen LogP contribution >= 0.6 is 0 Å². The third-order valence-electron chi connectivity index (χ3n) is 4.18. The van der Waals surface area contributed by atoms with Gasteiger partial charge in [-0.3, -0.25) is 4.79 Å². The van der Waals surface area contributed by atoms with Crippen LogP contribution in [-0.4, -0.2) is 19.1 Å². The van der Waals surface area contributed by atoms with Crippen molar-refractivity contribution >= 4 is 11.6 Å². The molecule has 0 fully saturated rings. The molecule has 0 spiro atoms. The molecule has 1 aliphatic rings. The lowest BCUT2D eigenvalue weighted by molar-refractivity contribution is 0.0989. The van der Waals surface area contributed by atoms with E-state index in [2.05, 4.69) is 19.9 Å². The van der Waals surface area contributed by atoms with Gasteiger partial charge >= 0.3 is 0 Å². The van der Waals surface area contributed by atoms with Crippen LogP contribution in [-0.2, 0) is 6.42 Å². The Balaban J connectivity index is 1.73. The monoisotopic (exact) mass is 309 g/mol. The summed E-state index contributed by atoms with van der Waals surface area (Å²) in [5.41, 5.74) is 2.96. The van der Waals surface area contributed by atoms with E-state index in [1.807, 2.05) is 47.4 Å². The Labute approximate surface area is 137 Å². The van der Waals surface area contributed by atoms with E-state index in [-0.39, 0.29) is 5.91 Å². The zero-order valence-corrected chi connectivity index (χ0v) is 13.8. The fourth-order valence-corrected chi connectivity index (χ4v) is 2.84. The highest BCUT2D eigenvalue weighted by Gasteiger charge is 2.25. The molecule has 0 aromatic heterocycles. The Morgan fingerprint density at radius 3 is 2.83 bits per heavy atom. The number of carbonyl (C=O) groups is 1. The van der Waals surface area contributed by atoms with Gasteiger partial charge in [0.05, 0.1) is 6.61 Å². The van der Waals surface area contributed by atoms with Crippen molar-refractivity contribution in [2.24, 2.45) is 5.92 Å². The van der Waals surface area contributed by atoms with E-state index in [0.717, 1.165) is 30.8 Å². The van der Waals surface area contributed by atoms with Crippen molar-refractivity contribution in [3.05, 3.63) is 59.7 Å². The van der Waals surface area contributed by atoms with Crippen LogP contribution < -0.4 is 9.64 Å². The summed E-state index contributed by atoms with van der Waals surface area (Å²) in [6, 6.07) is 15.6. The number of nitrogens with zero attached hydrogens (tertiary/aromatic N) is 1. The van der Waals surface area contributed by atoms with Gasteiger partial charge in [0.2, 0.25) is 0 Å². The Kier molecular flexibility index (Phi) is 4.65. The normalized spacial score (nSPS) is 13.3. The third kappa shape index (κ3) is 3.55. The van der Waals surface area contributed by atoms with Gasteiger partial charge in [0.15, 0.2) is 0 Å². The molecule has 3 nitrogen and oxygen atoms in total. The van der Waals surface area contributed by atoms with E-state index in [4.69, 9.17) is 4.74 Å². The minimum atomic E-state index is 0.0456. The summed E-state index contributed by atoms with van der Waals surface area (Å²) in [5, 5.41) is 0. The van der Waals surface area contributed by atoms with Crippen LogP contribution in [0, 0.1) is 5.92 Å². The summed E-state index contributed by atoms with van der Waals surface area (Å²) in [7, 11) is 0. The molecule has 3 heteroatoms. The fraction of sp³-hybridized carbons (Fsp3) is 0.350. The molecule has 2 aromatic carbocycles. The quantitative estimate of drug-likeness (QED) is 0.823. The highest BCUT2D eigenvalue weighted by molar-refractivity contribution is 6.07. The molecular weight excluding hydrogens is 286 g/mol. The van der Waals surface area contributed by atoms with Crippen LogP contribution in [0.5, 0.6) is 5.75 Å². The van der Waals surface area contributed by atoms with Gasteiger partial charge in [0.1, 0.15) is 5.75 Å².